The molecule has 112 valence electrons. The Hall–Kier alpha value is -1.49. The van der Waals surface area contributed by atoms with Gasteiger partial charge in [-0.1, -0.05) is 0 Å². The molecule has 5 heteroatoms. The summed E-state index contributed by atoms with van der Waals surface area (Å²) in [6, 6.07) is 3.78. The number of pyridine rings is 1. The second-order valence-electron chi connectivity index (χ2n) is 5.52. The molecule has 0 radical (unpaired) electrons. The standard InChI is InChI=1S/C15H25N3O2/c1-18(9-3-2-4-10-19)14-8-7-13(16)15(17-14)20-11-12-5-6-12/h7-8,12,19H,2-6,9-11,16H2,1H3. The summed E-state index contributed by atoms with van der Waals surface area (Å²) >= 11 is 0. The molecule has 1 heterocycles. The fourth-order valence-electron chi connectivity index (χ4n) is 2.00. The van der Waals surface area contributed by atoms with Crippen molar-refractivity contribution in [2.45, 2.75) is 32.1 Å². The van der Waals surface area contributed by atoms with Gasteiger partial charge in [0.1, 0.15) is 5.82 Å². The monoisotopic (exact) mass is 279 g/mol. The Morgan fingerprint density at radius 1 is 1.35 bits per heavy atom. The number of aliphatic hydroxyl groups excluding tert-OH is 1. The van der Waals surface area contributed by atoms with Gasteiger partial charge in [0.25, 0.3) is 0 Å². The number of anilines is 2. The van der Waals surface area contributed by atoms with Crippen LogP contribution in [-0.2, 0) is 0 Å². The third-order valence-corrected chi connectivity index (χ3v) is 3.57. The van der Waals surface area contributed by atoms with Crippen molar-refractivity contribution in [3.63, 3.8) is 0 Å². The first-order valence-electron chi connectivity index (χ1n) is 7.42. The molecule has 1 fully saturated rings. The van der Waals surface area contributed by atoms with Gasteiger partial charge in [-0.15, -0.1) is 0 Å². The van der Waals surface area contributed by atoms with Crippen LogP contribution in [0.4, 0.5) is 11.5 Å². The van der Waals surface area contributed by atoms with Crippen molar-refractivity contribution in [3.8, 4) is 5.88 Å². The van der Waals surface area contributed by atoms with Crippen LogP contribution in [0.3, 0.4) is 0 Å². The molecule has 20 heavy (non-hydrogen) atoms. The molecular weight excluding hydrogens is 254 g/mol. The number of hydrogen-bond acceptors (Lipinski definition) is 5. The van der Waals surface area contributed by atoms with E-state index in [2.05, 4.69) is 9.88 Å². The summed E-state index contributed by atoms with van der Waals surface area (Å²) in [5, 5.41) is 8.77. The lowest BCUT2D eigenvalue weighted by atomic mass is 10.2. The third-order valence-electron chi connectivity index (χ3n) is 3.57. The van der Waals surface area contributed by atoms with E-state index in [1.165, 1.54) is 12.8 Å². The van der Waals surface area contributed by atoms with Gasteiger partial charge >= 0.3 is 0 Å². The van der Waals surface area contributed by atoms with Crippen molar-refractivity contribution < 1.29 is 9.84 Å². The van der Waals surface area contributed by atoms with Crippen molar-refractivity contribution >= 4 is 11.5 Å². The Kier molecular flexibility index (Phi) is 5.47. The molecule has 5 nitrogen and oxygen atoms in total. The van der Waals surface area contributed by atoms with E-state index in [1.807, 2.05) is 19.2 Å². The number of aliphatic hydroxyl groups is 1. The lowest BCUT2D eigenvalue weighted by Gasteiger charge is -2.19. The van der Waals surface area contributed by atoms with Gasteiger partial charge in [0.05, 0.1) is 12.3 Å². The molecule has 1 aliphatic rings. The van der Waals surface area contributed by atoms with Gasteiger partial charge in [-0.3, -0.25) is 0 Å². The van der Waals surface area contributed by atoms with Crippen LogP contribution >= 0.6 is 0 Å². The molecule has 0 amide bonds. The minimum absolute atomic E-state index is 0.267. The number of rotatable bonds is 9. The topological polar surface area (TPSA) is 71.6 Å². The Labute approximate surface area is 120 Å². The first kappa shape index (κ1) is 14.9. The van der Waals surface area contributed by atoms with E-state index in [-0.39, 0.29) is 6.61 Å². The van der Waals surface area contributed by atoms with Gasteiger partial charge < -0.3 is 20.5 Å². The van der Waals surface area contributed by atoms with Crippen molar-refractivity contribution in [2.24, 2.45) is 5.92 Å². The van der Waals surface area contributed by atoms with Gasteiger partial charge in [-0.05, 0) is 50.2 Å². The molecule has 0 saturated heterocycles. The lowest BCUT2D eigenvalue weighted by molar-refractivity contribution is 0.283. The number of nitrogens with zero attached hydrogens (tertiary/aromatic N) is 2. The van der Waals surface area contributed by atoms with Gasteiger partial charge in [-0.25, -0.2) is 0 Å². The van der Waals surface area contributed by atoms with Crippen LogP contribution < -0.4 is 15.4 Å². The molecule has 0 spiro atoms. The molecule has 1 aromatic heterocycles. The number of nitrogens with two attached hydrogens (primary N) is 1. The highest BCUT2D eigenvalue weighted by atomic mass is 16.5. The molecule has 0 bridgehead atoms. The SMILES string of the molecule is CN(CCCCCO)c1ccc(N)c(OCC2CC2)n1. The van der Waals surface area contributed by atoms with Crippen LogP contribution in [0.15, 0.2) is 12.1 Å². The number of unbranched alkanes of at least 4 members (excludes halogenated alkanes) is 2. The summed E-state index contributed by atoms with van der Waals surface area (Å²) in [7, 11) is 2.02. The molecular formula is C15H25N3O2. The van der Waals surface area contributed by atoms with E-state index < -0.39 is 0 Å². The summed E-state index contributed by atoms with van der Waals surface area (Å²) < 4.78 is 5.70. The molecule has 0 atom stereocenters. The molecule has 1 aromatic rings. The molecule has 2 rings (SSSR count). The van der Waals surface area contributed by atoms with Crippen molar-refractivity contribution in [1.29, 1.82) is 0 Å². The highest BCUT2D eigenvalue weighted by Crippen LogP contribution is 2.31. The van der Waals surface area contributed by atoms with Gasteiger partial charge in [0, 0.05) is 20.2 Å². The van der Waals surface area contributed by atoms with Crippen LogP contribution in [0.25, 0.3) is 0 Å². The summed E-state index contributed by atoms with van der Waals surface area (Å²) in [6.07, 6.45) is 5.44. The van der Waals surface area contributed by atoms with E-state index >= 15 is 0 Å². The summed E-state index contributed by atoms with van der Waals surface area (Å²) in [5.41, 5.74) is 6.50. The zero-order chi connectivity index (χ0) is 14.4. The lowest BCUT2D eigenvalue weighted by Crippen LogP contribution is -2.20. The predicted octanol–water partition coefficient (Wildman–Crippen LogP) is 2.05. The number of ether oxygens (including phenoxy) is 1. The Morgan fingerprint density at radius 3 is 2.85 bits per heavy atom. The zero-order valence-electron chi connectivity index (χ0n) is 12.2. The van der Waals surface area contributed by atoms with E-state index in [4.69, 9.17) is 15.6 Å². The second-order valence-corrected chi connectivity index (χ2v) is 5.52. The van der Waals surface area contributed by atoms with Crippen LogP contribution in [0.2, 0.25) is 0 Å². The third kappa shape index (κ3) is 4.56. The van der Waals surface area contributed by atoms with E-state index in [0.717, 1.165) is 38.2 Å². The average molecular weight is 279 g/mol. The predicted molar refractivity (Wildman–Crippen MR) is 81.1 cm³/mol. The van der Waals surface area contributed by atoms with E-state index in [1.54, 1.807) is 0 Å². The molecule has 0 aromatic carbocycles. The van der Waals surface area contributed by atoms with Crippen LogP contribution in [-0.4, -0.2) is 36.9 Å². The summed E-state index contributed by atoms with van der Waals surface area (Å²) in [5.74, 6) is 2.13. The van der Waals surface area contributed by atoms with Crippen LogP contribution in [0.1, 0.15) is 32.1 Å². The number of aromatic nitrogens is 1. The zero-order valence-corrected chi connectivity index (χ0v) is 12.2. The normalized spacial score (nSPS) is 14.3. The molecule has 1 aliphatic carbocycles. The van der Waals surface area contributed by atoms with Crippen molar-refractivity contribution in [2.75, 3.05) is 37.4 Å². The summed E-state index contributed by atoms with van der Waals surface area (Å²) in [4.78, 5) is 6.60. The van der Waals surface area contributed by atoms with Gasteiger partial charge in [0.15, 0.2) is 0 Å². The molecule has 3 N–H and O–H groups in total. The Morgan fingerprint density at radius 2 is 2.15 bits per heavy atom. The largest absolute Gasteiger partial charge is 0.476 e. The van der Waals surface area contributed by atoms with Crippen molar-refractivity contribution in [1.82, 2.24) is 4.98 Å². The highest BCUT2D eigenvalue weighted by Gasteiger charge is 2.22. The minimum Gasteiger partial charge on any atom is -0.476 e. The number of nitrogen functional groups attached to an aromatic ring is 1. The van der Waals surface area contributed by atoms with E-state index in [9.17, 15) is 0 Å². The first-order valence-corrected chi connectivity index (χ1v) is 7.42. The Bertz CT molecular complexity index is 422. The number of hydrogen-bond donors (Lipinski definition) is 2. The summed E-state index contributed by atoms with van der Waals surface area (Å²) in [6.45, 7) is 1.91. The molecule has 0 aliphatic heterocycles. The average Bonchev–Trinajstić information content (AvgIpc) is 3.26. The Balaban J connectivity index is 1.87. The van der Waals surface area contributed by atoms with Gasteiger partial charge in [0.2, 0.25) is 5.88 Å². The molecule has 0 unspecified atom stereocenters. The van der Waals surface area contributed by atoms with Gasteiger partial charge in [-0.2, -0.15) is 4.98 Å². The first-order chi connectivity index (χ1) is 9.70. The quantitative estimate of drug-likeness (QED) is 0.677. The van der Waals surface area contributed by atoms with Crippen LogP contribution in [0, 0.1) is 5.92 Å². The highest BCUT2D eigenvalue weighted by molar-refractivity contribution is 5.54. The molecule has 1 saturated carbocycles. The fourth-order valence-corrected chi connectivity index (χ4v) is 2.00. The smallest absolute Gasteiger partial charge is 0.239 e. The van der Waals surface area contributed by atoms with E-state index in [0.29, 0.717) is 17.5 Å². The second kappa shape index (κ2) is 7.33. The fraction of sp³-hybridized carbons (Fsp3) is 0.667. The maximum Gasteiger partial charge on any atom is 0.239 e. The van der Waals surface area contributed by atoms with Crippen LogP contribution in [0.5, 0.6) is 5.88 Å². The maximum absolute atomic E-state index is 8.77. The maximum atomic E-state index is 8.77. The van der Waals surface area contributed by atoms with Crippen molar-refractivity contribution in [3.05, 3.63) is 12.1 Å². The minimum atomic E-state index is 0.267.